The second-order valence-electron chi connectivity index (χ2n) is 6.34. The van der Waals surface area contributed by atoms with Gasteiger partial charge in [0.25, 0.3) is 5.91 Å². The number of benzene rings is 1. The van der Waals surface area contributed by atoms with Crippen LogP contribution in [0.1, 0.15) is 35.2 Å². The van der Waals surface area contributed by atoms with Crippen molar-refractivity contribution in [3.8, 4) is 0 Å². The lowest BCUT2D eigenvalue weighted by Gasteiger charge is -2.32. The number of rotatable bonds is 5. The summed E-state index contributed by atoms with van der Waals surface area (Å²) in [6, 6.07) is 9.64. The van der Waals surface area contributed by atoms with Crippen molar-refractivity contribution in [3.05, 3.63) is 52.2 Å². The molecule has 0 spiro atoms. The molecule has 1 aliphatic heterocycles. The Morgan fingerprint density at radius 3 is 2.58 bits per heavy atom. The van der Waals surface area contributed by atoms with Gasteiger partial charge in [-0.1, -0.05) is 18.2 Å². The molecule has 3 rings (SSSR count). The summed E-state index contributed by atoms with van der Waals surface area (Å²) in [7, 11) is 0. The molecule has 140 valence electrons. The lowest BCUT2D eigenvalue weighted by Crippen LogP contribution is -2.46. The molecule has 0 saturated carbocycles. The van der Waals surface area contributed by atoms with Gasteiger partial charge in [0.05, 0.1) is 0 Å². The van der Waals surface area contributed by atoms with Crippen LogP contribution in [0.4, 0.5) is 5.69 Å². The van der Waals surface area contributed by atoms with Crippen molar-refractivity contribution in [2.45, 2.75) is 31.7 Å². The van der Waals surface area contributed by atoms with Crippen molar-refractivity contribution < 1.29 is 9.59 Å². The first-order valence-corrected chi connectivity index (χ1v) is 9.52. The van der Waals surface area contributed by atoms with Crippen LogP contribution in [0, 0.1) is 0 Å². The molecule has 1 aromatic carbocycles. The maximum absolute atomic E-state index is 12.4. The van der Waals surface area contributed by atoms with Gasteiger partial charge in [0.1, 0.15) is 0 Å². The molecule has 1 saturated heterocycles. The van der Waals surface area contributed by atoms with E-state index >= 15 is 0 Å². The van der Waals surface area contributed by atoms with Crippen molar-refractivity contribution >= 4 is 41.2 Å². The van der Waals surface area contributed by atoms with Crippen molar-refractivity contribution in [2.75, 3.05) is 18.8 Å². The standard InChI is InChI=1S/C19H23N3O2S.ClH/c20-17-4-2-1-3-14(17)5-6-18(23)22-10-7-16(8-11-22)21-19(24)15-9-12-25-13-15;/h1-4,9,12-13,16H,5-8,10-11,20H2,(H,21,24);1H. The number of nitrogens with zero attached hydrogens (tertiary/aromatic N) is 1. The molecule has 0 unspecified atom stereocenters. The number of aryl methyl sites for hydroxylation is 1. The van der Waals surface area contributed by atoms with Crippen LogP contribution in [-0.4, -0.2) is 35.8 Å². The van der Waals surface area contributed by atoms with Gasteiger partial charge >= 0.3 is 0 Å². The lowest BCUT2D eigenvalue weighted by molar-refractivity contribution is -0.132. The number of carbonyl (C=O) groups excluding carboxylic acids is 2. The largest absolute Gasteiger partial charge is 0.399 e. The van der Waals surface area contributed by atoms with Gasteiger partial charge in [0.15, 0.2) is 0 Å². The summed E-state index contributed by atoms with van der Waals surface area (Å²) >= 11 is 1.52. The molecule has 5 nitrogen and oxygen atoms in total. The first kappa shape index (κ1) is 20.3. The van der Waals surface area contributed by atoms with E-state index in [1.807, 2.05) is 46.0 Å². The Labute approximate surface area is 164 Å². The molecule has 2 heterocycles. The molecule has 3 N–H and O–H groups in total. The van der Waals surface area contributed by atoms with E-state index < -0.39 is 0 Å². The number of hydrogen-bond acceptors (Lipinski definition) is 4. The summed E-state index contributed by atoms with van der Waals surface area (Å²) < 4.78 is 0. The summed E-state index contributed by atoms with van der Waals surface area (Å²) in [5, 5.41) is 6.81. The first-order valence-electron chi connectivity index (χ1n) is 8.57. The zero-order valence-electron chi connectivity index (χ0n) is 14.5. The van der Waals surface area contributed by atoms with Crippen molar-refractivity contribution in [3.63, 3.8) is 0 Å². The summed E-state index contributed by atoms with van der Waals surface area (Å²) in [4.78, 5) is 26.4. The lowest BCUT2D eigenvalue weighted by atomic mass is 10.0. The highest BCUT2D eigenvalue weighted by molar-refractivity contribution is 7.08. The Morgan fingerprint density at radius 1 is 1.19 bits per heavy atom. The maximum Gasteiger partial charge on any atom is 0.252 e. The summed E-state index contributed by atoms with van der Waals surface area (Å²) in [6.45, 7) is 1.38. The molecule has 1 aromatic heterocycles. The normalized spacial score (nSPS) is 14.5. The van der Waals surface area contributed by atoms with Gasteiger partial charge in [-0.15, -0.1) is 12.4 Å². The number of hydrogen-bond donors (Lipinski definition) is 2. The van der Waals surface area contributed by atoms with Crippen LogP contribution >= 0.6 is 23.7 Å². The minimum atomic E-state index is -0.0226. The molecule has 0 radical (unpaired) electrons. The number of nitrogens with one attached hydrogen (secondary N) is 1. The van der Waals surface area contributed by atoms with Crippen LogP contribution in [0.5, 0.6) is 0 Å². The number of likely N-dealkylation sites (tertiary alicyclic amines) is 1. The SMILES string of the molecule is Cl.Nc1ccccc1CCC(=O)N1CCC(NC(=O)c2ccsc2)CC1. The van der Waals surface area contributed by atoms with Gasteiger partial charge in [0, 0.05) is 42.2 Å². The highest BCUT2D eigenvalue weighted by atomic mass is 35.5. The number of amides is 2. The molecular weight excluding hydrogens is 370 g/mol. The van der Waals surface area contributed by atoms with Crippen LogP contribution in [0.2, 0.25) is 0 Å². The Bertz CT molecular complexity index is 728. The van der Waals surface area contributed by atoms with Gasteiger partial charge in [0.2, 0.25) is 5.91 Å². The van der Waals surface area contributed by atoms with Gasteiger partial charge in [-0.25, -0.2) is 0 Å². The van der Waals surface area contributed by atoms with E-state index in [9.17, 15) is 9.59 Å². The minimum absolute atomic E-state index is 0. The number of piperidine rings is 1. The predicted molar refractivity (Wildman–Crippen MR) is 108 cm³/mol. The fourth-order valence-corrected chi connectivity index (χ4v) is 3.73. The van der Waals surface area contributed by atoms with E-state index in [4.69, 9.17) is 5.73 Å². The molecular formula is C19H24ClN3O2S. The number of carbonyl (C=O) groups is 2. The molecule has 7 heteroatoms. The second kappa shape index (κ2) is 9.59. The number of nitrogen functional groups attached to an aromatic ring is 1. The molecule has 0 bridgehead atoms. The van der Waals surface area contributed by atoms with E-state index in [0.717, 1.165) is 24.1 Å². The van der Waals surface area contributed by atoms with Crippen LogP contribution in [-0.2, 0) is 11.2 Å². The molecule has 0 aliphatic carbocycles. The average Bonchev–Trinajstić information content (AvgIpc) is 3.16. The molecule has 1 aliphatic rings. The van der Waals surface area contributed by atoms with Gasteiger partial charge < -0.3 is 16.0 Å². The van der Waals surface area contributed by atoms with Crippen LogP contribution in [0.15, 0.2) is 41.1 Å². The predicted octanol–water partition coefficient (Wildman–Crippen LogP) is 3.11. The average molecular weight is 394 g/mol. The fraction of sp³-hybridized carbons (Fsp3) is 0.368. The zero-order chi connectivity index (χ0) is 17.6. The number of thiophene rings is 1. The van der Waals surface area contributed by atoms with Gasteiger partial charge in [-0.05, 0) is 42.3 Å². The fourth-order valence-electron chi connectivity index (χ4n) is 3.10. The maximum atomic E-state index is 12.4. The monoisotopic (exact) mass is 393 g/mol. The Morgan fingerprint density at radius 2 is 1.92 bits per heavy atom. The molecule has 2 aromatic rings. The Balaban J connectivity index is 0.00000243. The van der Waals surface area contributed by atoms with Crippen LogP contribution in [0.25, 0.3) is 0 Å². The van der Waals surface area contributed by atoms with Gasteiger partial charge in [-0.2, -0.15) is 11.3 Å². The highest BCUT2D eigenvalue weighted by Crippen LogP contribution is 2.16. The summed E-state index contributed by atoms with van der Waals surface area (Å²) in [5.74, 6) is 0.136. The van der Waals surface area contributed by atoms with E-state index in [1.54, 1.807) is 0 Å². The van der Waals surface area contributed by atoms with Gasteiger partial charge in [-0.3, -0.25) is 9.59 Å². The third-order valence-electron chi connectivity index (χ3n) is 4.63. The van der Waals surface area contributed by atoms with Crippen molar-refractivity contribution in [2.24, 2.45) is 0 Å². The smallest absolute Gasteiger partial charge is 0.252 e. The van der Waals surface area contributed by atoms with Crippen molar-refractivity contribution in [1.82, 2.24) is 10.2 Å². The first-order chi connectivity index (χ1) is 12.1. The van der Waals surface area contributed by atoms with Crippen LogP contribution in [0.3, 0.4) is 0 Å². The van der Waals surface area contributed by atoms with E-state index in [0.29, 0.717) is 31.5 Å². The number of nitrogens with two attached hydrogens (primary N) is 1. The third kappa shape index (κ3) is 5.22. The number of para-hydroxylation sites is 1. The minimum Gasteiger partial charge on any atom is -0.399 e. The summed E-state index contributed by atoms with van der Waals surface area (Å²) in [6.07, 6.45) is 2.74. The topological polar surface area (TPSA) is 75.4 Å². The number of anilines is 1. The zero-order valence-corrected chi connectivity index (χ0v) is 16.2. The van der Waals surface area contributed by atoms with Crippen LogP contribution < -0.4 is 11.1 Å². The second-order valence-corrected chi connectivity index (χ2v) is 7.12. The number of halogens is 1. The van der Waals surface area contributed by atoms with Crippen molar-refractivity contribution in [1.29, 1.82) is 0 Å². The quantitative estimate of drug-likeness (QED) is 0.766. The Kier molecular flexibility index (Phi) is 7.48. The molecule has 1 fully saturated rings. The molecule has 26 heavy (non-hydrogen) atoms. The Hall–Kier alpha value is -2.05. The molecule has 0 atom stereocenters. The molecule has 2 amide bonds. The summed E-state index contributed by atoms with van der Waals surface area (Å²) in [5.41, 5.74) is 8.40. The van der Waals surface area contributed by atoms with E-state index in [-0.39, 0.29) is 30.3 Å². The van der Waals surface area contributed by atoms with E-state index in [2.05, 4.69) is 5.32 Å². The van der Waals surface area contributed by atoms with E-state index in [1.165, 1.54) is 11.3 Å². The highest BCUT2D eigenvalue weighted by Gasteiger charge is 2.24. The third-order valence-corrected chi connectivity index (χ3v) is 5.31.